The van der Waals surface area contributed by atoms with Crippen molar-refractivity contribution in [1.82, 2.24) is 0 Å². The lowest BCUT2D eigenvalue weighted by atomic mass is 10.1. The van der Waals surface area contributed by atoms with Crippen LogP contribution in [0.25, 0.3) is 0 Å². The zero-order valence-corrected chi connectivity index (χ0v) is 11.1. The van der Waals surface area contributed by atoms with Gasteiger partial charge >= 0.3 is 0 Å². The quantitative estimate of drug-likeness (QED) is 0.896. The minimum absolute atomic E-state index is 0.103. The number of benzene rings is 1. The second-order valence-corrected chi connectivity index (χ2v) is 5.15. The molecule has 0 fully saturated rings. The molecule has 0 saturated heterocycles. The Kier molecular flexibility index (Phi) is 3.82. The summed E-state index contributed by atoms with van der Waals surface area (Å²) in [5, 5.41) is 4.30. The summed E-state index contributed by atoms with van der Waals surface area (Å²) in [5.74, 6) is 0. The van der Waals surface area contributed by atoms with Gasteiger partial charge in [-0.1, -0.05) is 12.1 Å². The zero-order chi connectivity index (χ0) is 12.3. The Labute approximate surface area is 107 Å². The van der Waals surface area contributed by atoms with Crippen LogP contribution in [0.2, 0.25) is 0 Å². The van der Waals surface area contributed by atoms with E-state index in [0.29, 0.717) is 0 Å². The van der Waals surface area contributed by atoms with Gasteiger partial charge in [-0.05, 0) is 47.0 Å². The molecule has 0 amide bonds. The molecule has 0 radical (unpaired) electrons. The molecule has 1 aromatic heterocycles. The molecule has 0 bridgehead atoms. The monoisotopic (exact) mass is 246 g/mol. The van der Waals surface area contributed by atoms with E-state index in [1.807, 2.05) is 6.92 Å². The van der Waals surface area contributed by atoms with Crippen LogP contribution in [0.5, 0.6) is 0 Å². The van der Waals surface area contributed by atoms with E-state index in [4.69, 9.17) is 5.73 Å². The highest BCUT2D eigenvalue weighted by Gasteiger charge is 2.04. The first-order valence-corrected chi connectivity index (χ1v) is 6.69. The summed E-state index contributed by atoms with van der Waals surface area (Å²) in [6.07, 6.45) is 0. The first-order valence-electron chi connectivity index (χ1n) is 5.74. The molecular formula is C14H18N2S. The van der Waals surface area contributed by atoms with E-state index in [2.05, 4.69) is 53.0 Å². The molecule has 3 heteroatoms. The Balaban J connectivity index is 2.06. The van der Waals surface area contributed by atoms with Crippen molar-refractivity contribution >= 4 is 17.0 Å². The first-order chi connectivity index (χ1) is 8.16. The molecule has 0 spiro atoms. The number of anilines is 1. The normalized spacial score (nSPS) is 12.4. The molecule has 17 heavy (non-hydrogen) atoms. The number of hydrogen-bond donors (Lipinski definition) is 1. The van der Waals surface area contributed by atoms with Crippen molar-refractivity contribution in [3.8, 4) is 0 Å². The van der Waals surface area contributed by atoms with Crippen LogP contribution in [0.4, 0.5) is 5.69 Å². The van der Waals surface area contributed by atoms with Crippen molar-refractivity contribution in [3.05, 3.63) is 52.2 Å². The Morgan fingerprint density at radius 1 is 1.24 bits per heavy atom. The Morgan fingerprint density at radius 2 is 1.94 bits per heavy atom. The van der Waals surface area contributed by atoms with Crippen molar-refractivity contribution in [1.29, 1.82) is 0 Å². The highest BCUT2D eigenvalue weighted by molar-refractivity contribution is 7.07. The van der Waals surface area contributed by atoms with Gasteiger partial charge in [0.25, 0.3) is 0 Å². The zero-order valence-electron chi connectivity index (χ0n) is 10.3. The maximum Gasteiger partial charge on any atom is 0.0434 e. The fraction of sp³-hybridized carbons (Fsp3) is 0.286. The van der Waals surface area contributed by atoms with Gasteiger partial charge in [-0.25, -0.2) is 0 Å². The van der Waals surface area contributed by atoms with Crippen LogP contribution in [0.3, 0.4) is 0 Å². The third-order valence-corrected chi connectivity index (χ3v) is 3.59. The molecule has 1 atom stereocenters. The molecule has 0 aliphatic carbocycles. The van der Waals surface area contributed by atoms with Crippen LogP contribution >= 0.6 is 11.3 Å². The third-order valence-electron chi connectivity index (χ3n) is 2.86. The number of nitrogens with two attached hydrogens (primary N) is 1. The second-order valence-electron chi connectivity index (χ2n) is 4.37. The maximum absolute atomic E-state index is 5.84. The van der Waals surface area contributed by atoms with Crippen LogP contribution < -0.4 is 10.6 Å². The molecule has 2 nitrogen and oxygen atoms in total. The van der Waals surface area contributed by atoms with Crippen LogP contribution in [0.15, 0.2) is 41.1 Å². The lowest BCUT2D eigenvalue weighted by Gasteiger charge is -2.19. The fourth-order valence-corrected chi connectivity index (χ4v) is 2.44. The number of hydrogen-bond acceptors (Lipinski definition) is 3. The van der Waals surface area contributed by atoms with Gasteiger partial charge in [-0.15, -0.1) is 0 Å². The summed E-state index contributed by atoms with van der Waals surface area (Å²) < 4.78 is 0. The minimum Gasteiger partial charge on any atom is -0.370 e. The van der Waals surface area contributed by atoms with Crippen molar-refractivity contribution in [3.63, 3.8) is 0 Å². The fourth-order valence-electron chi connectivity index (χ4n) is 1.78. The smallest absolute Gasteiger partial charge is 0.0434 e. The first kappa shape index (κ1) is 12.1. The summed E-state index contributed by atoms with van der Waals surface area (Å²) in [6, 6.07) is 10.7. The van der Waals surface area contributed by atoms with Gasteiger partial charge in [-0.3, -0.25) is 0 Å². The summed E-state index contributed by atoms with van der Waals surface area (Å²) in [6.45, 7) is 2.95. The largest absolute Gasteiger partial charge is 0.370 e. The van der Waals surface area contributed by atoms with E-state index < -0.39 is 0 Å². The summed E-state index contributed by atoms with van der Waals surface area (Å²) in [7, 11) is 2.11. The van der Waals surface area contributed by atoms with Gasteiger partial charge in [0.1, 0.15) is 0 Å². The van der Waals surface area contributed by atoms with E-state index >= 15 is 0 Å². The van der Waals surface area contributed by atoms with Gasteiger partial charge in [0.05, 0.1) is 0 Å². The summed E-state index contributed by atoms with van der Waals surface area (Å²) in [4.78, 5) is 2.24. The maximum atomic E-state index is 5.84. The average molecular weight is 246 g/mol. The molecule has 2 aromatic rings. The number of rotatable bonds is 4. The molecule has 1 heterocycles. The molecule has 1 unspecified atom stereocenters. The molecule has 0 aliphatic rings. The molecule has 1 aromatic carbocycles. The Hall–Kier alpha value is -1.32. The van der Waals surface area contributed by atoms with E-state index in [1.54, 1.807) is 11.3 Å². The lowest BCUT2D eigenvalue weighted by molar-refractivity contribution is 0.817. The van der Waals surface area contributed by atoms with Crippen LogP contribution in [0, 0.1) is 0 Å². The third kappa shape index (κ3) is 3.08. The molecule has 90 valence electrons. The number of nitrogens with zero attached hydrogens (tertiary/aromatic N) is 1. The molecule has 0 saturated carbocycles. The van der Waals surface area contributed by atoms with Crippen molar-refractivity contribution in [2.75, 3.05) is 11.9 Å². The van der Waals surface area contributed by atoms with Crippen LogP contribution in [-0.2, 0) is 6.54 Å². The van der Waals surface area contributed by atoms with Crippen LogP contribution in [-0.4, -0.2) is 7.05 Å². The van der Waals surface area contributed by atoms with Crippen molar-refractivity contribution in [2.24, 2.45) is 5.73 Å². The van der Waals surface area contributed by atoms with Gasteiger partial charge in [0.2, 0.25) is 0 Å². The summed E-state index contributed by atoms with van der Waals surface area (Å²) >= 11 is 1.74. The van der Waals surface area contributed by atoms with E-state index in [-0.39, 0.29) is 6.04 Å². The van der Waals surface area contributed by atoms with E-state index in [1.165, 1.54) is 16.8 Å². The molecule has 2 N–H and O–H groups in total. The number of thiophene rings is 1. The summed E-state index contributed by atoms with van der Waals surface area (Å²) in [5.41, 5.74) is 9.59. The SMILES string of the molecule is CC(N)c1ccc(N(C)Cc2ccsc2)cc1. The standard InChI is InChI=1S/C14H18N2S/c1-11(15)13-3-5-14(6-4-13)16(2)9-12-7-8-17-10-12/h3-8,10-11H,9,15H2,1-2H3. The Bertz CT molecular complexity index is 446. The predicted molar refractivity (Wildman–Crippen MR) is 75.5 cm³/mol. The molecule has 2 rings (SSSR count). The predicted octanol–water partition coefficient (Wildman–Crippen LogP) is 3.40. The minimum atomic E-state index is 0.103. The van der Waals surface area contributed by atoms with Gasteiger partial charge in [-0.2, -0.15) is 11.3 Å². The highest BCUT2D eigenvalue weighted by Crippen LogP contribution is 2.19. The lowest BCUT2D eigenvalue weighted by Crippen LogP contribution is -2.16. The van der Waals surface area contributed by atoms with E-state index in [9.17, 15) is 0 Å². The molecule has 0 aliphatic heterocycles. The average Bonchev–Trinajstić information content (AvgIpc) is 2.82. The van der Waals surface area contributed by atoms with Crippen molar-refractivity contribution < 1.29 is 0 Å². The van der Waals surface area contributed by atoms with E-state index in [0.717, 1.165) is 6.54 Å². The van der Waals surface area contributed by atoms with Crippen molar-refractivity contribution in [2.45, 2.75) is 19.5 Å². The van der Waals surface area contributed by atoms with Crippen LogP contribution in [0.1, 0.15) is 24.1 Å². The molecular weight excluding hydrogens is 228 g/mol. The Morgan fingerprint density at radius 3 is 2.47 bits per heavy atom. The van der Waals surface area contributed by atoms with Gasteiger partial charge < -0.3 is 10.6 Å². The highest BCUT2D eigenvalue weighted by atomic mass is 32.1. The second kappa shape index (κ2) is 5.34. The topological polar surface area (TPSA) is 29.3 Å². The van der Waals surface area contributed by atoms with Gasteiger partial charge in [0.15, 0.2) is 0 Å². The van der Waals surface area contributed by atoms with Gasteiger partial charge in [0, 0.05) is 25.3 Å².